The molecule has 2 aromatic carbocycles. The van der Waals surface area contributed by atoms with E-state index >= 15 is 0 Å². The van der Waals surface area contributed by atoms with Crippen LogP contribution in [0.2, 0.25) is 0 Å². The summed E-state index contributed by atoms with van der Waals surface area (Å²) in [6.45, 7) is 8.89. The van der Waals surface area contributed by atoms with E-state index in [1.54, 1.807) is 19.1 Å². The highest BCUT2D eigenvalue weighted by Gasteiger charge is 2.12. The third-order valence-electron chi connectivity index (χ3n) is 4.18. The van der Waals surface area contributed by atoms with E-state index in [9.17, 15) is 9.59 Å². The highest BCUT2D eigenvalue weighted by Crippen LogP contribution is 2.29. The van der Waals surface area contributed by atoms with Crippen LogP contribution in [0.4, 0.5) is 0 Å². The molecule has 0 saturated carbocycles. The lowest BCUT2D eigenvalue weighted by atomic mass is 10.0. The number of carbonyl (C=O) groups is 2. The highest BCUT2D eigenvalue weighted by molar-refractivity contribution is 5.89. The summed E-state index contributed by atoms with van der Waals surface area (Å²) >= 11 is 0. The standard InChI is InChI=1S/C23H20O5/c1-14(2)22(24)28-19-8-5-16(6-9-19)17-7-10-21-18(12-17)13-20(27-21)11-15(3)23(25)26-4/h5-10,12-13H,1,3,11H2,2,4H3. The predicted octanol–water partition coefficient (Wildman–Crippen LogP) is 4.85. The number of esters is 2. The van der Waals surface area contributed by atoms with Gasteiger partial charge in [0.05, 0.1) is 7.11 Å². The van der Waals surface area contributed by atoms with E-state index in [2.05, 4.69) is 17.9 Å². The minimum Gasteiger partial charge on any atom is -0.466 e. The summed E-state index contributed by atoms with van der Waals surface area (Å²) in [4.78, 5) is 23.1. The molecule has 0 fully saturated rings. The second-order valence-corrected chi connectivity index (χ2v) is 6.43. The monoisotopic (exact) mass is 376 g/mol. The van der Waals surface area contributed by atoms with Crippen molar-refractivity contribution < 1.29 is 23.5 Å². The Kier molecular flexibility index (Phi) is 5.45. The van der Waals surface area contributed by atoms with Gasteiger partial charge in [-0.3, -0.25) is 0 Å². The van der Waals surface area contributed by atoms with Crippen LogP contribution in [0.1, 0.15) is 12.7 Å². The van der Waals surface area contributed by atoms with Gasteiger partial charge in [-0.1, -0.05) is 31.4 Å². The molecule has 3 rings (SSSR count). The third-order valence-corrected chi connectivity index (χ3v) is 4.18. The molecule has 3 aromatic rings. The van der Waals surface area contributed by atoms with Crippen LogP contribution in [0.3, 0.4) is 0 Å². The summed E-state index contributed by atoms with van der Waals surface area (Å²) < 4.78 is 15.6. The fraction of sp³-hybridized carbons (Fsp3) is 0.130. The fourth-order valence-corrected chi connectivity index (χ4v) is 2.70. The summed E-state index contributed by atoms with van der Waals surface area (Å²) in [7, 11) is 1.32. The Bertz CT molecular complexity index is 1070. The normalized spacial score (nSPS) is 10.5. The van der Waals surface area contributed by atoms with Crippen LogP contribution >= 0.6 is 0 Å². The van der Waals surface area contributed by atoms with Gasteiger partial charge < -0.3 is 13.9 Å². The number of fused-ring (bicyclic) bond motifs is 1. The molecule has 0 aliphatic carbocycles. The van der Waals surface area contributed by atoms with Crippen LogP contribution in [-0.4, -0.2) is 19.0 Å². The molecule has 0 amide bonds. The lowest BCUT2D eigenvalue weighted by molar-refractivity contribution is -0.136. The van der Waals surface area contributed by atoms with E-state index < -0.39 is 11.9 Å². The number of furan rings is 1. The molecular weight excluding hydrogens is 356 g/mol. The molecule has 142 valence electrons. The average molecular weight is 376 g/mol. The third kappa shape index (κ3) is 4.20. The van der Waals surface area contributed by atoms with Gasteiger partial charge >= 0.3 is 11.9 Å². The van der Waals surface area contributed by atoms with Crippen molar-refractivity contribution in [1.82, 2.24) is 0 Å². The number of rotatable bonds is 6. The van der Waals surface area contributed by atoms with Crippen molar-refractivity contribution in [1.29, 1.82) is 0 Å². The Morgan fingerprint density at radius 2 is 1.64 bits per heavy atom. The quantitative estimate of drug-likeness (QED) is 0.349. The van der Waals surface area contributed by atoms with Crippen molar-refractivity contribution >= 4 is 22.9 Å². The van der Waals surface area contributed by atoms with Gasteiger partial charge in [0.25, 0.3) is 0 Å². The fourth-order valence-electron chi connectivity index (χ4n) is 2.70. The van der Waals surface area contributed by atoms with Gasteiger partial charge in [0.15, 0.2) is 0 Å². The number of benzene rings is 2. The molecule has 0 aliphatic rings. The van der Waals surface area contributed by atoms with Crippen molar-refractivity contribution in [2.24, 2.45) is 0 Å². The Hall–Kier alpha value is -3.60. The Labute approximate surface area is 162 Å². The summed E-state index contributed by atoms with van der Waals surface area (Å²) in [6.07, 6.45) is 0.291. The van der Waals surface area contributed by atoms with Crippen LogP contribution in [0, 0.1) is 0 Å². The molecule has 28 heavy (non-hydrogen) atoms. The Morgan fingerprint density at radius 1 is 0.964 bits per heavy atom. The number of hydrogen-bond donors (Lipinski definition) is 0. The number of methoxy groups -OCH3 is 1. The first kappa shape index (κ1) is 19.2. The van der Waals surface area contributed by atoms with Gasteiger partial charge in [-0.25, -0.2) is 9.59 Å². The van der Waals surface area contributed by atoms with E-state index in [0.29, 0.717) is 29.1 Å². The van der Waals surface area contributed by atoms with Crippen LogP contribution in [0.25, 0.3) is 22.1 Å². The Morgan fingerprint density at radius 3 is 2.29 bits per heavy atom. The molecule has 0 atom stereocenters. The maximum atomic E-state index is 11.6. The second-order valence-electron chi connectivity index (χ2n) is 6.43. The van der Waals surface area contributed by atoms with Gasteiger partial charge in [-0.2, -0.15) is 0 Å². The lowest BCUT2D eigenvalue weighted by Gasteiger charge is -2.06. The lowest BCUT2D eigenvalue weighted by Crippen LogP contribution is -2.07. The first-order valence-corrected chi connectivity index (χ1v) is 8.64. The molecule has 1 heterocycles. The molecule has 0 unspecified atom stereocenters. The molecule has 0 spiro atoms. The van der Waals surface area contributed by atoms with Crippen LogP contribution in [-0.2, 0) is 20.7 Å². The molecule has 5 nitrogen and oxygen atoms in total. The topological polar surface area (TPSA) is 65.7 Å². The molecule has 0 radical (unpaired) electrons. The minimum absolute atomic E-state index is 0.291. The zero-order valence-electron chi connectivity index (χ0n) is 15.8. The highest BCUT2D eigenvalue weighted by atomic mass is 16.5. The van der Waals surface area contributed by atoms with Crippen LogP contribution in [0.5, 0.6) is 5.75 Å². The maximum absolute atomic E-state index is 11.6. The number of ether oxygens (including phenoxy) is 2. The molecule has 0 bridgehead atoms. The molecule has 0 saturated heterocycles. The van der Waals surface area contributed by atoms with Crippen LogP contribution < -0.4 is 4.74 Å². The smallest absolute Gasteiger partial charge is 0.338 e. The minimum atomic E-state index is -0.450. The van der Waals surface area contributed by atoms with Crippen molar-refractivity contribution in [2.45, 2.75) is 13.3 Å². The predicted molar refractivity (Wildman–Crippen MR) is 107 cm³/mol. The van der Waals surface area contributed by atoms with Gasteiger partial charge in [0, 0.05) is 23.0 Å². The first-order chi connectivity index (χ1) is 13.4. The van der Waals surface area contributed by atoms with E-state index in [0.717, 1.165) is 22.1 Å². The SMILES string of the molecule is C=C(C)C(=O)Oc1ccc(-c2ccc3oc(CC(=C)C(=O)OC)cc3c2)cc1. The summed E-state index contributed by atoms with van der Waals surface area (Å²) in [5.74, 6) is 0.205. The van der Waals surface area contributed by atoms with Crippen molar-refractivity contribution in [2.75, 3.05) is 7.11 Å². The van der Waals surface area contributed by atoms with Crippen molar-refractivity contribution in [3.8, 4) is 16.9 Å². The maximum Gasteiger partial charge on any atom is 0.338 e. The molecular formula is C23H20O5. The summed E-state index contributed by atoms with van der Waals surface area (Å²) in [5, 5.41) is 0.919. The molecule has 0 N–H and O–H groups in total. The van der Waals surface area contributed by atoms with Gasteiger partial charge in [0.2, 0.25) is 0 Å². The van der Waals surface area contributed by atoms with E-state index in [1.807, 2.05) is 36.4 Å². The molecule has 0 aliphatic heterocycles. The summed E-state index contributed by atoms with van der Waals surface area (Å²) in [5.41, 5.74) is 3.37. The van der Waals surface area contributed by atoms with E-state index in [-0.39, 0.29) is 0 Å². The largest absolute Gasteiger partial charge is 0.466 e. The van der Waals surface area contributed by atoms with Gasteiger partial charge in [-0.05, 0) is 48.4 Å². The Balaban J connectivity index is 1.80. The summed E-state index contributed by atoms with van der Waals surface area (Å²) in [6, 6.07) is 14.9. The first-order valence-electron chi connectivity index (χ1n) is 8.64. The van der Waals surface area contributed by atoms with E-state index in [1.165, 1.54) is 7.11 Å². The van der Waals surface area contributed by atoms with Crippen LogP contribution in [0.15, 0.2) is 77.3 Å². The van der Waals surface area contributed by atoms with Crippen molar-refractivity contribution in [3.63, 3.8) is 0 Å². The number of carbonyl (C=O) groups excluding carboxylic acids is 2. The average Bonchev–Trinajstić information content (AvgIpc) is 3.09. The number of hydrogen-bond acceptors (Lipinski definition) is 5. The zero-order valence-corrected chi connectivity index (χ0v) is 15.8. The second kappa shape index (κ2) is 7.96. The van der Waals surface area contributed by atoms with Gasteiger partial charge in [-0.15, -0.1) is 0 Å². The molecule has 5 heteroatoms. The molecule has 1 aromatic heterocycles. The van der Waals surface area contributed by atoms with E-state index in [4.69, 9.17) is 9.15 Å². The van der Waals surface area contributed by atoms with Gasteiger partial charge in [0.1, 0.15) is 17.1 Å². The van der Waals surface area contributed by atoms with Crippen molar-refractivity contribution in [3.05, 3.63) is 78.6 Å². The zero-order chi connectivity index (χ0) is 20.3.